The number of carbonyl (C=O) groups is 2. The molecule has 0 saturated carbocycles. The number of carbonyl (C=O) groups excluding carboxylic acids is 2. The van der Waals surface area contributed by atoms with Gasteiger partial charge in [-0.3, -0.25) is 19.0 Å². The zero-order valence-electron chi connectivity index (χ0n) is 17.3. The van der Waals surface area contributed by atoms with E-state index in [9.17, 15) is 14.4 Å². The molecule has 8 heteroatoms. The highest BCUT2D eigenvalue weighted by Crippen LogP contribution is 2.25. The summed E-state index contributed by atoms with van der Waals surface area (Å²) in [4.78, 5) is 44.7. The standard InChI is InChI=1S/C24H21N3O5/c28-19(32-21(16-8-2-1-3-9-16)23(29)26-12-6-7-13-26)14-27-15-25-20-17-10-4-5-11-18(17)31-22(20)24(27)30/h1-5,8-11,15,21H,6-7,12-14H2/t21-/m1/s1. The fourth-order valence-electron chi connectivity index (χ4n) is 4.03. The maximum Gasteiger partial charge on any atom is 0.327 e. The van der Waals surface area contributed by atoms with Crippen LogP contribution in [0.1, 0.15) is 24.5 Å². The summed E-state index contributed by atoms with van der Waals surface area (Å²) in [6.45, 7) is 0.910. The van der Waals surface area contributed by atoms with Crippen LogP contribution >= 0.6 is 0 Å². The van der Waals surface area contributed by atoms with E-state index in [1.54, 1.807) is 35.2 Å². The molecule has 3 heterocycles. The van der Waals surface area contributed by atoms with Gasteiger partial charge in [0, 0.05) is 24.0 Å². The molecular formula is C24H21N3O5. The lowest BCUT2D eigenvalue weighted by Crippen LogP contribution is -2.36. The molecule has 1 aliphatic heterocycles. The van der Waals surface area contributed by atoms with Gasteiger partial charge in [-0.1, -0.05) is 42.5 Å². The lowest BCUT2D eigenvalue weighted by atomic mass is 10.1. The molecule has 1 amide bonds. The highest BCUT2D eigenvalue weighted by molar-refractivity contribution is 6.01. The highest BCUT2D eigenvalue weighted by atomic mass is 16.5. The molecule has 1 fully saturated rings. The minimum atomic E-state index is -1.06. The Morgan fingerprint density at radius 3 is 2.53 bits per heavy atom. The summed E-state index contributed by atoms with van der Waals surface area (Å²) in [5.74, 6) is -0.953. The molecule has 8 nitrogen and oxygen atoms in total. The summed E-state index contributed by atoms with van der Waals surface area (Å²) >= 11 is 0. The van der Waals surface area contributed by atoms with Gasteiger partial charge in [-0.2, -0.15) is 0 Å². The number of hydrogen-bond acceptors (Lipinski definition) is 6. The fourth-order valence-corrected chi connectivity index (χ4v) is 4.03. The zero-order valence-corrected chi connectivity index (χ0v) is 17.3. The van der Waals surface area contributed by atoms with Crippen LogP contribution < -0.4 is 5.56 Å². The highest BCUT2D eigenvalue weighted by Gasteiger charge is 2.31. The Kier molecular flexibility index (Phi) is 5.18. The number of aromatic nitrogens is 2. The first-order valence-corrected chi connectivity index (χ1v) is 10.5. The maximum atomic E-state index is 13.0. The SMILES string of the molecule is O=C(Cn1cnc2c(oc3ccccc32)c1=O)O[C@@H](C(=O)N1CCCC1)c1ccccc1. The van der Waals surface area contributed by atoms with E-state index in [4.69, 9.17) is 9.15 Å². The normalized spacial score (nSPS) is 14.7. The quantitative estimate of drug-likeness (QED) is 0.451. The molecule has 1 atom stereocenters. The number of fused-ring (bicyclic) bond motifs is 3. The van der Waals surface area contributed by atoms with Crippen molar-refractivity contribution < 1.29 is 18.7 Å². The zero-order chi connectivity index (χ0) is 22.1. The van der Waals surface area contributed by atoms with Crippen molar-refractivity contribution in [2.45, 2.75) is 25.5 Å². The second-order valence-corrected chi connectivity index (χ2v) is 7.77. The van der Waals surface area contributed by atoms with Crippen LogP contribution in [0.25, 0.3) is 22.1 Å². The van der Waals surface area contributed by atoms with E-state index >= 15 is 0 Å². The van der Waals surface area contributed by atoms with Crippen molar-refractivity contribution in [3.63, 3.8) is 0 Å². The van der Waals surface area contributed by atoms with E-state index in [2.05, 4.69) is 4.98 Å². The van der Waals surface area contributed by atoms with Crippen LogP contribution in [-0.4, -0.2) is 39.4 Å². The molecule has 0 bridgehead atoms. The number of amides is 1. The van der Waals surface area contributed by atoms with Gasteiger partial charge in [-0.25, -0.2) is 4.98 Å². The third-order valence-electron chi connectivity index (χ3n) is 5.64. The van der Waals surface area contributed by atoms with Gasteiger partial charge in [0.15, 0.2) is 0 Å². The molecule has 1 aliphatic rings. The van der Waals surface area contributed by atoms with Gasteiger partial charge in [0.1, 0.15) is 17.6 Å². The molecule has 0 N–H and O–H groups in total. The second-order valence-electron chi connectivity index (χ2n) is 7.77. The second kappa shape index (κ2) is 8.30. The van der Waals surface area contributed by atoms with Gasteiger partial charge < -0.3 is 14.1 Å². The van der Waals surface area contributed by atoms with Crippen molar-refractivity contribution in [2.24, 2.45) is 0 Å². The first kappa shape index (κ1) is 20.0. The molecule has 2 aromatic heterocycles. The first-order chi connectivity index (χ1) is 15.6. The first-order valence-electron chi connectivity index (χ1n) is 10.5. The van der Waals surface area contributed by atoms with Gasteiger partial charge in [0.25, 0.3) is 11.5 Å². The summed E-state index contributed by atoms with van der Waals surface area (Å²) < 4.78 is 12.4. The maximum absolute atomic E-state index is 13.0. The average molecular weight is 431 g/mol. The molecule has 0 radical (unpaired) electrons. The van der Waals surface area contributed by atoms with Crippen LogP contribution in [0.4, 0.5) is 0 Å². The summed E-state index contributed by atoms with van der Waals surface area (Å²) in [7, 11) is 0. The molecule has 5 rings (SSSR count). The van der Waals surface area contributed by atoms with Gasteiger partial charge in [0.05, 0.1) is 6.33 Å². The number of nitrogens with zero attached hydrogens (tertiary/aromatic N) is 3. The predicted octanol–water partition coefficient (Wildman–Crippen LogP) is 3.05. The molecule has 0 aliphatic carbocycles. The van der Waals surface area contributed by atoms with Crippen LogP contribution in [-0.2, 0) is 20.9 Å². The summed E-state index contributed by atoms with van der Waals surface area (Å²) in [6, 6.07) is 16.1. The Balaban J connectivity index is 1.41. The number of esters is 1. The van der Waals surface area contributed by atoms with Gasteiger partial charge in [-0.05, 0) is 25.0 Å². The Morgan fingerprint density at radius 1 is 1.03 bits per heavy atom. The van der Waals surface area contributed by atoms with Crippen LogP contribution in [0.2, 0.25) is 0 Å². The Morgan fingerprint density at radius 2 is 1.75 bits per heavy atom. The third kappa shape index (κ3) is 3.64. The van der Waals surface area contributed by atoms with Gasteiger partial charge in [-0.15, -0.1) is 0 Å². The minimum absolute atomic E-state index is 0.0780. The van der Waals surface area contributed by atoms with E-state index in [1.807, 2.05) is 24.3 Å². The molecule has 4 aromatic rings. The Hall–Kier alpha value is -3.94. The summed E-state index contributed by atoms with van der Waals surface area (Å²) in [5, 5.41) is 0.731. The van der Waals surface area contributed by atoms with Crippen molar-refractivity contribution in [2.75, 3.05) is 13.1 Å². The third-order valence-corrected chi connectivity index (χ3v) is 5.64. The van der Waals surface area contributed by atoms with E-state index in [-0.39, 0.29) is 18.0 Å². The lowest BCUT2D eigenvalue weighted by molar-refractivity contribution is -0.161. The molecule has 32 heavy (non-hydrogen) atoms. The van der Waals surface area contributed by atoms with E-state index in [0.29, 0.717) is 29.8 Å². The van der Waals surface area contributed by atoms with Gasteiger partial charge >= 0.3 is 5.97 Å². The van der Waals surface area contributed by atoms with E-state index < -0.39 is 17.6 Å². The lowest BCUT2D eigenvalue weighted by Gasteiger charge is -2.23. The minimum Gasteiger partial charge on any atom is -0.448 e. The van der Waals surface area contributed by atoms with Crippen molar-refractivity contribution in [1.82, 2.24) is 14.5 Å². The molecule has 1 saturated heterocycles. The number of hydrogen-bond donors (Lipinski definition) is 0. The Labute approximate surface area is 183 Å². The van der Waals surface area contributed by atoms with Crippen molar-refractivity contribution in [1.29, 1.82) is 0 Å². The molecule has 162 valence electrons. The molecule has 0 spiro atoms. The number of benzene rings is 2. The predicted molar refractivity (Wildman–Crippen MR) is 117 cm³/mol. The number of rotatable bonds is 5. The largest absolute Gasteiger partial charge is 0.448 e. The van der Waals surface area contributed by atoms with Crippen molar-refractivity contribution in [3.05, 3.63) is 76.8 Å². The Bertz CT molecular complexity index is 1350. The van der Waals surface area contributed by atoms with Crippen LogP contribution in [0, 0.1) is 0 Å². The molecule has 2 aromatic carbocycles. The summed E-state index contributed by atoms with van der Waals surface area (Å²) in [6.07, 6.45) is 2.10. The molecule has 0 unspecified atom stereocenters. The van der Waals surface area contributed by atoms with Crippen LogP contribution in [0.5, 0.6) is 0 Å². The topological polar surface area (TPSA) is 94.6 Å². The average Bonchev–Trinajstić information content (AvgIpc) is 3.48. The molecular weight excluding hydrogens is 410 g/mol. The number of para-hydroxylation sites is 1. The smallest absolute Gasteiger partial charge is 0.327 e. The number of furan rings is 1. The van der Waals surface area contributed by atoms with Crippen LogP contribution in [0.3, 0.4) is 0 Å². The monoisotopic (exact) mass is 431 g/mol. The van der Waals surface area contributed by atoms with Crippen molar-refractivity contribution in [3.8, 4) is 0 Å². The fraction of sp³-hybridized carbons (Fsp3) is 0.250. The van der Waals surface area contributed by atoms with Crippen molar-refractivity contribution >= 4 is 33.9 Å². The number of ether oxygens (including phenoxy) is 1. The summed E-state index contributed by atoms with van der Waals surface area (Å²) in [5.41, 5.74) is 1.19. The van der Waals surface area contributed by atoms with E-state index in [1.165, 1.54) is 6.33 Å². The van der Waals surface area contributed by atoms with E-state index in [0.717, 1.165) is 22.8 Å². The number of likely N-dealkylation sites (tertiary alicyclic amines) is 1. The van der Waals surface area contributed by atoms with Gasteiger partial charge in [0.2, 0.25) is 11.7 Å². The van der Waals surface area contributed by atoms with Crippen LogP contribution in [0.15, 0.2) is 70.1 Å².